The minimum Gasteiger partial charge on any atom is -0.326 e. The molecule has 19 heavy (non-hydrogen) atoms. The van der Waals surface area contributed by atoms with Gasteiger partial charge in [0, 0.05) is 17.3 Å². The van der Waals surface area contributed by atoms with Gasteiger partial charge >= 0.3 is 0 Å². The first-order valence-electron chi connectivity index (χ1n) is 6.11. The van der Waals surface area contributed by atoms with Crippen LogP contribution in [-0.4, -0.2) is 16.5 Å². The molecule has 2 N–H and O–H groups in total. The third-order valence-corrected chi connectivity index (χ3v) is 2.83. The van der Waals surface area contributed by atoms with Crippen molar-refractivity contribution in [3.63, 3.8) is 0 Å². The SMILES string of the molecule is CC(C)(C)N=C(Nc1ccccc1)Nc1nccs1. The fraction of sp³-hybridized carbons (Fsp3) is 0.286. The van der Waals surface area contributed by atoms with Crippen molar-refractivity contribution in [2.75, 3.05) is 10.6 Å². The van der Waals surface area contributed by atoms with Crippen molar-refractivity contribution in [2.24, 2.45) is 4.99 Å². The van der Waals surface area contributed by atoms with E-state index in [1.54, 1.807) is 17.5 Å². The highest BCUT2D eigenvalue weighted by atomic mass is 32.1. The van der Waals surface area contributed by atoms with E-state index >= 15 is 0 Å². The number of benzene rings is 1. The second-order valence-corrected chi connectivity index (χ2v) is 5.98. The van der Waals surface area contributed by atoms with E-state index in [4.69, 9.17) is 0 Å². The number of rotatable bonds is 2. The highest BCUT2D eigenvalue weighted by Crippen LogP contribution is 2.14. The third-order valence-electron chi connectivity index (χ3n) is 2.14. The smallest absolute Gasteiger partial charge is 0.202 e. The Labute approximate surface area is 117 Å². The molecule has 0 fully saturated rings. The zero-order valence-electron chi connectivity index (χ0n) is 11.3. The van der Waals surface area contributed by atoms with E-state index in [1.165, 1.54) is 0 Å². The molecular formula is C14H18N4S. The lowest BCUT2D eigenvalue weighted by Gasteiger charge is -2.17. The number of hydrogen-bond acceptors (Lipinski definition) is 3. The lowest BCUT2D eigenvalue weighted by molar-refractivity contribution is 0.583. The monoisotopic (exact) mass is 274 g/mol. The Hall–Kier alpha value is -1.88. The number of nitrogens with one attached hydrogen (secondary N) is 2. The second kappa shape index (κ2) is 5.84. The Bertz CT molecular complexity index is 526. The summed E-state index contributed by atoms with van der Waals surface area (Å²) in [7, 11) is 0. The Morgan fingerprint density at radius 3 is 2.47 bits per heavy atom. The van der Waals surface area contributed by atoms with Crippen molar-refractivity contribution in [1.82, 2.24) is 4.98 Å². The molecule has 0 bridgehead atoms. The second-order valence-electron chi connectivity index (χ2n) is 5.08. The summed E-state index contributed by atoms with van der Waals surface area (Å²) in [5.74, 6) is 0.702. The molecule has 1 aromatic carbocycles. The number of nitrogens with zero attached hydrogens (tertiary/aromatic N) is 2. The van der Waals surface area contributed by atoms with E-state index in [1.807, 2.05) is 35.7 Å². The van der Waals surface area contributed by atoms with Gasteiger partial charge in [-0.3, -0.25) is 0 Å². The Morgan fingerprint density at radius 1 is 1.16 bits per heavy atom. The maximum absolute atomic E-state index is 4.64. The Balaban J connectivity index is 2.17. The molecule has 4 nitrogen and oxygen atoms in total. The molecule has 0 aliphatic heterocycles. The number of thiazole rings is 1. The molecule has 100 valence electrons. The van der Waals surface area contributed by atoms with E-state index in [0.717, 1.165) is 10.8 Å². The number of hydrogen-bond donors (Lipinski definition) is 2. The summed E-state index contributed by atoms with van der Waals surface area (Å²) in [6, 6.07) is 9.96. The fourth-order valence-electron chi connectivity index (χ4n) is 1.47. The lowest BCUT2D eigenvalue weighted by Crippen LogP contribution is -2.26. The van der Waals surface area contributed by atoms with E-state index < -0.39 is 0 Å². The molecule has 0 saturated carbocycles. The first-order chi connectivity index (χ1) is 9.03. The van der Waals surface area contributed by atoms with Crippen LogP contribution < -0.4 is 10.6 Å². The molecule has 5 heteroatoms. The van der Waals surface area contributed by atoms with E-state index in [-0.39, 0.29) is 5.54 Å². The van der Waals surface area contributed by atoms with Gasteiger partial charge in [0.25, 0.3) is 0 Å². The van der Waals surface area contributed by atoms with Crippen molar-refractivity contribution < 1.29 is 0 Å². The van der Waals surface area contributed by atoms with Crippen LogP contribution in [0.25, 0.3) is 0 Å². The highest BCUT2D eigenvalue weighted by molar-refractivity contribution is 7.13. The van der Waals surface area contributed by atoms with Crippen LogP contribution in [-0.2, 0) is 0 Å². The molecule has 1 heterocycles. The molecule has 0 spiro atoms. The fourth-order valence-corrected chi connectivity index (χ4v) is 2.00. The van der Waals surface area contributed by atoms with Gasteiger partial charge in [0.15, 0.2) is 5.13 Å². The lowest BCUT2D eigenvalue weighted by atomic mass is 10.1. The van der Waals surface area contributed by atoms with Gasteiger partial charge in [-0.15, -0.1) is 11.3 Å². The summed E-state index contributed by atoms with van der Waals surface area (Å²) in [5.41, 5.74) is 0.830. The quantitative estimate of drug-likeness (QED) is 0.646. The standard InChI is InChI=1S/C14H18N4S/c1-14(2,3)18-12(17-13-15-9-10-19-13)16-11-7-5-4-6-8-11/h4-10H,1-3H3,(H2,15,16,17,18). The largest absolute Gasteiger partial charge is 0.326 e. The summed E-state index contributed by atoms with van der Waals surface area (Å²) < 4.78 is 0. The summed E-state index contributed by atoms with van der Waals surface area (Å²) in [6.07, 6.45) is 1.77. The van der Waals surface area contributed by atoms with Gasteiger partial charge in [-0.2, -0.15) is 0 Å². The molecular weight excluding hydrogens is 256 g/mol. The first-order valence-corrected chi connectivity index (χ1v) is 6.99. The van der Waals surface area contributed by atoms with E-state index in [9.17, 15) is 0 Å². The Morgan fingerprint density at radius 2 is 1.89 bits per heavy atom. The number of aromatic nitrogens is 1. The Kier molecular flexibility index (Phi) is 4.16. The molecule has 0 unspecified atom stereocenters. The zero-order chi connectivity index (χ0) is 13.7. The molecule has 0 aliphatic carbocycles. The van der Waals surface area contributed by atoms with Crippen molar-refractivity contribution in [2.45, 2.75) is 26.3 Å². The molecule has 0 amide bonds. The molecule has 0 atom stereocenters. The van der Waals surface area contributed by atoms with Gasteiger partial charge in [-0.1, -0.05) is 18.2 Å². The predicted molar refractivity (Wildman–Crippen MR) is 83.0 cm³/mol. The van der Waals surface area contributed by atoms with E-state index in [0.29, 0.717) is 5.96 Å². The van der Waals surface area contributed by atoms with Crippen molar-refractivity contribution in [3.8, 4) is 0 Å². The number of guanidine groups is 1. The average molecular weight is 274 g/mol. The maximum atomic E-state index is 4.64. The molecule has 0 aliphatic rings. The summed E-state index contributed by atoms with van der Waals surface area (Å²) in [5, 5.41) is 9.25. The number of anilines is 2. The number of para-hydroxylation sites is 1. The van der Waals surface area contributed by atoms with Crippen LogP contribution in [0.1, 0.15) is 20.8 Å². The average Bonchev–Trinajstić information content (AvgIpc) is 2.81. The van der Waals surface area contributed by atoms with Gasteiger partial charge in [-0.25, -0.2) is 9.98 Å². The molecule has 1 aromatic heterocycles. The van der Waals surface area contributed by atoms with Crippen LogP contribution in [0.3, 0.4) is 0 Å². The molecule has 2 rings (SSSR count). The van der Waals surface area contributed by atoms with Crippen LogP contribution in [0.2, 0.25) is 0 Å². The third kappa shape index (κ3) is 4.71. The van der Waals surface area contributed by atoms with Crippen molar-refractivity contribution in [1.29, 1.82) is 0 Å². The molecule has 2 aromatic rings. The maximum Gasteiger partial charge on any atom is 0.202 e. The van der Waals surface area contributed by atoms with Crippen molar-refractivity contribution in [3.05, 3.63) is 41.9 Å². The number of aliphatic imine (C=N–C) groups is 1. The zero-order valence-corrected chi connectivity index (χ0v) is 12.2. The predicted octanol–water partition coefficient (Wildman–Crippen LogP) is 3.82. The van der Waals surface area contributed by atoms with Gasteiger partial charge < -0.3 is 10.6 Å². The minimum atomic E-state index is -0.165. The van der Waals surface area contributed by atoms with E-state index in [2.05, 4.69) is 41.4 Å². The van der Waals surface area contributed by atoms with Crippen LogP contribution in [0.15, 0.2) is 46.9 Å². The minimum absolute atomic E-state index is 0.165. The molecule has 0 saturated heterocycles. The highest BCUT2D eigenvalue weighted by Gasteiger charge is 2.11. The van der Waals surface area contributed by atoms with Gasteiger partial charge in [0.1, 0.15) is 0 Å². The normalized spacial score (nSPS) is 12.3. The van der Waals surface area contributed by atoms with Crippen LogP contribution in [0.4, 0.5) is 10.8 Å². The van der Waals surface area contributed by atoms with Gasteiger partial charge in [0.2, 0.25) is 5.96 Å². The summed E-state index contributed by atoms with van der Waals surface area (Å²) in [6.45, 7) is 6.18. The van der Waals surface area contributed by atoms with Crippen molar-refractivity contribution >= 4 is 28.1 Å². The first kappa shape index (κ1) is 13.5. The summed E-state index contributed by atoms with van der Waals surface area (Å²) >= 11 is 1.54. The van der Waals surface area contributed by atoms with Crippen LogP contribution in [0.5, 0.6) is 0 Å². The van der Waals surface area contributed by atoms with Gasteiger partial charge in [-0.05, 0) is 32.9 Å². The summed E-state index contributed by atoms with van der Waals surface area (Å²) in [4.78, 5) is 8.85. The molecule has 0 radical (unpaired) electrons. The van der Waals surface area contributed by atoms with Crippen LogP contribution in [0, 0.1) is 0 Å². The topological polar surface area (TPSA) is 49.3 Å². The van der Waals surface area contributed by atoms with Crippen LogP contribution >= 0.6 is 11.3 Å². The van der Waals surface area contributed by atoms with Gasteiger partial charge in [0.05, 0.1) is 5.54 Å².